The first-order chi connectivity index (χ1) is 14.0. The summed E-state index contributed by atoms with van der Waals surface area (Å²) in [5.74, 6) is -0.963. The third kappa shape index (κ3) is 6.06. The van der Waals surface area contributed by atoms with Crippen LogP contribution in [-0.2, 0) is 16.1 Å². The average molecular weight is 396 g/mol. The van der Waals surface area contributed by atoms with Gasteiger partial charge in [-0.25, -0.2) is 0 Å². The number of aliphatic carboxylic acids is 1. The van der Waals surface area contributed by atoms with E-state index in [0.717, 1.165) is 31.7 Å². The van der Waals surface area contributed by atoms with E-state index >= 15 is 0 Å². The van der Waals surface area contributed by atoms with Gasteiger partial charge in [0, 0.05) is 38.4 Å². The highest BCUT2D eigenvalue weighted by Crippen LogP contribution is 2.15. The first kappa shape index (κ1) is 20.9. The van der Waals surface area contributed by atoms with Gasteiger partial charge in [-0.15, -0.1) is 0 Å². The molecular weight excluding hydrogens is 366 g/mol. The van der Waals surface area contributed by atoms with Crippen molar-refractivity contribution in [3.8, 4) is 0 Å². The van der Waals surface area contributed by atoms with Crippen LogP contribution in [0.5, 0.6) is 0 Å². The summed E-state index contributed by atoms with van der Waals surface area (Å²) in [5, 5.41) is 9.24. The highest BCUT2D eigenvalue weighted by atomic mass is 16.4. The van der Waals surface area contributed by atoms with E-state index in [-0.39, 0.29) is 19.0 Å². The van der Waals surface area contributed by atoms with Crippen LogP contribution in [0.2, 0.25) is 0 Å². The molecule has 0 bridgehead atoms. The molecule has 1 heterocycles. The minimum Gasteiger partial charge on any atom is -0.480 e. The molecule has 6 heteroatoms. The zero-order chi connectivity index (χ0) is 20.6. The number of carbonyl (C=O) groups excluding carboxylic acids is 1. The van der Waals surface area contributed by atoms with Gasteiger partial charge in [0.05, 0.1) is 6.54 Å². The second-order valence-corrected chi connectivity index (χ2v) is 7.52. The lowest BCUT2D eigenvalue weighted by Gasteiger charge is -2.27. The molecule has 6 nitrogen and oxygen atoms in total. The Balaban J connectivity index is 1.59. The first-order valence-electron chi connectivity index (χ1n) is 10.1. The van der Waals surface area contributed by atoms with Crippen LogP contribution in [0.1, 0.15) is 17.5 Å². The Morgan fingerprint density at radius 1 is 0.931 bits per heavy atom. The molecule has 3 rings (SSSR count). The van der Waals surface area contributed by atoms with Gasteiger partial charge in [0.1, 0.15) is 6.54 Å². The molecule has 1 amide bonds. The molecule has 0 spiro atoms. The molecule has 154 valence electrons. The summed E-state index contributed by atoms with van der Waals surface area (Å²) >= 11 is 0. The molecule has 0 aliphatic carbocycles. The highest BCUT2D eigenvalue weighted by Gasteiger charge is 2.22. The third-order valence-electron chi connectivity index (χ3n) is 5.37. The Morgan fingerprint density at radius 3 is 2.38 bits per heavy atom. The van der Waals surface area contributed by atoms with Crippen molar-refractivity contribution < 1.29 is 14.7 Å². The van der Waals surface area contributed by atoms with E-state index in [2.05, 4.69) is 36.1 Å². The molecule has 1 N–H and O–H groups in total. The number of rotatable bonds is 7. The largest absolute Gasteiger partial charge is 0.480 e. The number of amides is 1. The van der Waals surface area contributed by atoms with Crippen molar-refractivity contribution in [2.75, 3.05) is 44.2 Å². The number of aryl methyl sites for hydroxylation is 1. The molecule has 1 fully saturated rings. The van der Waals surface area contributed by atoms with E-state index in [9.17, 15) is 14.7 Å². The SMILES string of the molecule is Cc1ccccc1CN1CCCN(C(=O)CN(CC(=O)O)c2ccccc2)CC1. The molecule has 29 heavy (non-hydrogen) atoms. The zero-order valence-corrected chi connectivity index (χ0v) is 17.0. The van der Waals surface area contributed by atoms with Gasteiger partial charge in [-0.3, -0.25) is 14.5 Å². The predicted molar refractivity (Wildman–Crippen MR) is 114 cm³/mol. The Bertz CT molecular complexity index is 825. The molecule has 0 radical (unpaired) electrons. The van der Waals surface area contributed by atoms with E-state index < -0.39 is 5.97 Å². The summed E-state index contributed by atoms with van der Waals surface area (Å²) in [7, 11) is 0. The van der Waals surface area contributed by atoms with Crippen molar-refractivity contribution in [1.82, 2.24) is 9.80 Å². The minimum absolute atomic E-state index is 0.0205. The van der Waals surface area contributed by atoms with Crippen LogP contribution < -0.4 is 4.90 Å². The van der Waals surface area contributed by atoms with Crippen LogP contribution >= 0.6 is 0 Å². The lowest BCUT2D eigenvalue weighted by atomic mass is 10.1. The molecule has 2 aromatic rings. The monoisotopic (exact) mass is 395 g/mol. The summed E-state index contributed by atoms with van der Waals surface area (Å²) in [6.45, 7) is 6.06. The fraction of sp³-hybridized carbons (Fsp3) is 0.391. The molecule has 2 aromatic carbocycles. The van der Waals surface area contributed by atoms with Crippen molar-refractivity contribution in [3.05, 3.63) is 65.7 Å². The number of hydrogen-bond acceptors (Lipinski definition) is 4. The molecule has 1 saturated heterocycles. The average Bonchev–Trinajstić information content (AvgIpc) is 2.95. The number of carboxylic acids is 1. The van der Waals surface area contributed by atoms with Gasteiger partial charge in [-0.1, -0.05) is 42.5 Å². The van der Waals surface area contributed by atoms with Crippen LogP contribution in [0.25, 0.3) is 0 Å². The molecule has 1 aliphatic rings. The number of carboxylic acid groups (broad SMARTS) is 1. The number of hydrogen-bond donors (Lipinski definition) is 1. The van der Waals surface area contributed by atoms with E-state index in [1.165, 1.54) is 11.1 Å². The van der Waals surface area contributed by atoms with Gasteiger partial charge in [-0.2, -0.15) is 0 Å². The van der Waals surface area contributed by atoms with Gasteiger partial charge in [0.15, 0.2) is 0 Å². The van der Waals surface area contributed by atoms with Crippen LogP contribution in [0.4, 0.5) is 5.69 Å². The third-order valence-corrected chi connectivity index (χ3v) is 5.37. The summed E-state index contributed by atoms with van der Waals surface area (Å²) in [5.41, 5.74) is 3.36. The molecule has 0 unspecified atom stereocenters. The number of benzene rings is 2. The second kappa shape index (κ2) is 10.1. The zero-order valence-electron chi connectivity index (χ0n) is 17.0. The number of carbonyl (C=O) groups is 2. The summed E-state index contributed by atoms with van der Waals surface area (Å²) in [6.07, 6.45) is 0.919. The molecule has 1 aliphatic heterocycles. The molecule has 0 aromatic heterocycles. The standard InChI is InChI=1S/C23H29N3O3/c1-19-8-5-6-9-20(19)16-24-12-7-13-25(15-14-24)22(27)17-26(18-23(28)29)21-10-3-2-4-11-21/h2-6,8-11H,7,12-18H2,1H3,(H,28,29). The van der Waals surface area contributed by atoms with Crippen molar-refractivity contribution >= 4 is 17.6 Å². The number of para-hydroxylation sites is 1. The summed E-state index contributed by atoms with van der Waals surface area (Å²) in [6, 6.07) is 17.7. The molecule has 0 saturated carbocycles. The maximum absolute atomic E-state index is 12.9. The van der Waals surface area contributed by atoms with Gasteiger partial charge in [-0.05, 0) is 36.6 Å². The Kier molecular flexibility index (Phi) is 7.25. The second-order valence-electron chi connectivity index (χ2n) is 7.52. The summed E-state index contributed by atoms with van der Waals surface area (Å²) in [4.78, 5) is 30.1. The van der Waals surface area contributed by atoms with Crippen LogP contribution in [0, 0.1) is 6.92 Å². The van der Waals surface area contributed by atoms with Gasteiger partial charge >= 0.3 is 5.97 Å². The Labute approximate surface area is 172 Å². The van der Waals surface area contributed by atoms with E-state index in [4.69, 9.17) is 0 Å². The Morgan fingerprint density at radius 2 is 1.66 bits per heavy atom. The number of nitrogens with zero attached hydrogens (tertiary/aromatic N) is 3. The van der Waals surface area contributed by atoms with Crippen LogP contribution in [0.15, 0.2) is 54.6 Å². The summed E-state index contributed by atoms with van der Waals surface area (Å²) < 4.78 is 0. The van der Waals surface area contributed by atoms with Crippen molar-refractivity contribution in [1.29, 1.82) is 0 Å². The molecule has 0 atom stereocenters. The topological polar surface area (TPSA) is 64.1 Å². The van der Waals surface area contributed by atoms with E-state index in [1.54, 1.807) is 4.90 Å². The first-order valence-corrected chi connectivity index (χ1v) is 10.1. The van der Waals surface area contributed by atoms with E-state index in [1.807, 2.05) is 35.2 Å². The van der Waals surface area contributed by atoms with Crippen LogP contribution in [0.3, 0.4) is 0 Å². The van der Waals surface area contributed by atoms with Gasteiger partial charge in [0.25, 0.3) is 0 Å². The molecular formula is C23H29N3O3. The Hall–Kier alpha value is -2.86. The van der Waals surface area contributed by atoms with Crippen LogP contribution in [-0.4, -0.2) is 66.1 Å². The fourth-order valence-corrected chi connectivity index (χ4v) is 3.71. The smallest absolute Gasteiger partial charge is 0.323 e. The normalized spacial score (nSPS) is 15.0. The highest BCUT2D eigenvalue weighted by molar-refractivity contribution is 5.84. The minimum atomic E-state index is -0.943. The van der Waals surface area contributed by atoms with Crippen molar-refractivity contribution in [2.24, 2.45) is 0 Å². The van der Waals surface area contributed by atoms with Gasteiger partial charge in [0.2, 0.25) is 5.91 Å². The van der Waals surface area contributed by atoms with Crippen molar-refractivity contribution in [2.45, 2.75) is 19.9 Å². The lowest BCUT2D eigenvalue weighted by Crippen LogP contribution is -2.43. The van der Waals surface area contributed by atoms with Gasteiger partial charge < -0.3 is 14.9 Å². The predicted octanol–water partition coefficient (Wildman–Crippen LogP) is 2.62. The lowest BCUT2D eigenvalue weighted by molar-refractivity contribution is -0.135. The van der Waals surface area contributed by atoms with E-state index in [0.29, 0.717) is 13.1 Å². The maximum atomic E-state index is 12.9. The quantitative estimate of drug-likeness (QED) is 0.781. The maximum Gasteiger partial charge on any atom is 0.323 e. The number of anilines is 1. The fourth-order valence-electron chi connectivity index (χ4n) is 3.71. The van der Waals surface area contributed by atoms with Crippen molar-refractivity contribution in [3.63, 3.8) is 0 Å².